The van der Waals surface area contributed by atoms with Crippen molar-refractivity contribution in [2.24, 2.45) is 0 Å². The van der Waals surface area contributed by atoms with E-state index in [-0.39, 0.29) is 18.1 Å². The maximum atomic E-state index is 11.9. The van der Waals surface area contributed by atoms with Crippen LogP contribution in [-0.2, 0) is 15.0 Å². The minimum atomic E-state index is -1.25. The highest BCUT2D eigenvalue weighted by molar-refractivity contribution is 5.96. The molecule has 0 saturated carbocycles. The van der Waals surface area contributed by atoms with Gasteiger partial charge in [0.2, 0.25) is 5.91 Å². The van der Waals surface area contributed by atoms with Crippen molar-refractivity contribution in [3.63, 3.8) is 0 Å². The van der Waals surface area contributed by atoms with Crippen molar-refractivity contribution in [2.45, 2.75) is 24.8 Å². The summed E-state index contributed by atoms with van der Waals surface area (Å²) >= 11 is 0. The minimum absolute atomic E-state index is 0.119. The normalized spacial score (nSPS) is 21.6. The second kappa shape index (κ2) is 4.02. The summed E-state index contributed by atoms with van der Waals surface area (Å²) in [6, 6.07) is 10.6. The number of hydrogen-bond donors (Lipinski definition) is 1. The Labute approximate surface area is 99.2 Å². The quantitative estimate of drug-likeness (QED) is 0.782. The van der Waals surface area contributed by atoms with Crippen LogP contribution in [0.15, 0.2) is 30.3 Å². The minimum Gasteiger partial charge on any atom is -0.350 e. The first kappa shape index (κ1) is 11.3. The standard InChI is InChI=1S/C13H12N2O2/c1-9(16)13(8-14,11-7-12(17)15-11)10-5-3-2-4-6-10/h2-6,11H,7H2,1H3,(H,15,17). The molecule has 1 N–H and O–H groups in total. The van der Waals surface area contributed by atoms with Crippen LogP contribution in [-0.4, -0.2) is 17.7 Å². The van der Waals surface area contributed by atoms with Crippen LogP contribution in [0.25, 0.3) is 0 Å². The van der Waals surface area contributed by atoms with E-state index < -0.39 is 11.5 Å². The maximum Gasteiger partial charge on any atom is 0.222 e. The molecule has 1 saturated heterocycles. The van der Waals surface area contributed by atoms with E-state index >= 15 is 0 Å². The molecule has 0 bridgehead atoms. The van der Waals surface area contributed by atoms with Gasteiger partial charge in [-0.3, -0.25) is 9.59 Å². The largest absolute Gasteiger partial charge is 0.350 e. The van der Waals surface area contributed by atoms with Crippen molar-refractivity contribution in [3.05, 3.63) is 35.9 Å². The van der Waals surface area contributed by atoms with Gasteiger partial charge < -0.3 is 5.32 Å². The molecule has 4 heteroatoms. The fourth-order valence-corrected chi connectivity index (χ4v) is 2.19. The Hall–Kier alpha value is -2.15. The summed E-state index contributed by atoms with van der Waals surface area (Å²) in [6.45, 7) is 1.39. The molecule has 0 radical (unpaired) electrons. The summed E-state index contributed by atoms with van der Waals surface area (Å²) in [4.78, 5) is 22.9. The van der Waals surface area contributed by atoms with Crippen molar-refractivity contribution >= 4 is 11.7 Å². The first-order chi connectivity index (χ1) is 8.11. The summed E-state index contributed by atoms with van der Waals surface area (Å²) in [5, 5.41) is 12.0. The molecular formula is C13H12N2O2. The first-order valence-electron chi connectivity index (χ1n) is 5.38. The highest BCUT2D eigenvalue weighted by atomic mass is 16.2. The van der Waals surface area contributed by atoms with Gasteiger partial charge >= 0.3 is 0 Å². The number of nitriles is 1. The molecule has 17 heavy (non-hydrogen) atoms. The van der Waals surface area contributed by atoms with Crippen molar-refractivity contribution in [3.8, 4) is 6.07 Å². The smallest absolute Gasteiger partial charge is 0.222 e. The molecule has 1 aliphatic rings. The van der Waals surface area contributed by atoms with Gasteiger partial charge in [-0.25, -0.2) is 0 Å². The zero-order valence-corrected chi connectivity index (χ0v) is 9.43. The summed E-state index contributed by atoms with van der Waals surface area (Å²) < 4.78 is 0. The summed E-state index contributed by atoms with van der Waals surface area (Å²) in [5.41, 5.74) is -0.616. The van der Waals surface area contributed by atoms with Crippen LogP contribution in [0, 0.1) is 11.3 Å². The zero-order chi connectivity index (χ0) is 12.5. The van der Waals surface area contributed by atoms with Gasteiger partial charge in [0, 0.05) is 6.42 Å². The predicted molar refractivity (Wildman–Crippen MR) is 61.0 cm³/mol. The molecule has 0 aromatic heterocycles. The first-order valence-corrected chi connectivity index (χ1v) is 5.38. The van der Waals surface area contributed by atoms with E-state index in [1.165, 1.54) is 6.92 Å². The second-order valence-electron chi connectivity index (χ2n) is 4.17. The van der Waals surface area contributed by atoms with Gasteiger partial charge in [-0.2, -0.15) is 5.26 Å². The van der Waals surface area contributed by atoms with E-state index in [1.54, 1.807) is 24.3 Å². The van der Waals surface area contributed by atoms with Gasteiger partial charge in [0.25, 0.3) is 0 Å². The Balaban J connectivity index is 2.48. The number of nitrogens with zero attached hydrogens (tertiary/aromatic N) is 1. The number of carbonyl (C=O) groups is 2. The monoisotopic (exact) mass is 228 g/mol. The van der Waals surface area contributed by atoms with E-state index in [0.29, 0.717) is 5.56 Å². The second-order valence-corrected chi connectivity index (χ2v) is 4.17. The molecular weight excluding hydrogens is 216 g/mol. The van der Waals surface area contributed by atoms with Crippen molar-refractivity contribution < 1.29 is 9.59 Å². The predicted octanol–water partition coefficient (Wildman–Crippen LogP) is 0.925. The molecule has 2 atom stereocenters. The Bertz CT molecular complexity index is 496. The molecule has 86 valence electrons. The topological polar surface area (TPSA) is 70.0 Å². The van der Waals surface area contributed by atoms with Crippen LogP contribution in [0.1, 0.15) is 18.9 Å². The van der Waals surface area contributed by atoms with Crippen LogP contribution in [0.2, 0.25) is 0 Å². The van der Waals surface area contributed by atoms with Crippen molar-refractivity contribution in [1.82, 2.24) is 5.32 Å². The number of nitrogens with one attached hydrogen (secondary N) is 1. The lowest BCUT2D eigenvalue weighted by Crippen LogP contribution is -2.62. The number of β-lactam (4-membered cyclic amide) rings is 1. The summed E-state index contributed by atoms with van der Waals surface area (Å²) in [5.74, 6) is -0.358. The fraction of sp³-hybridized carbons (Fsp3) is 0.308. The van der Waals surface area contributed by atoms with E-state index in [4.69, 9.17) is 0 Å². The van der Waals surface area contributed by atoms with E-state index in [9.17, 15) is 14.9 Å². The van der Waals surface area contributed by atoms with Gasteiger partial charge in [-0.05, 0) is 12.5 Å². The third-order valence-electron chi connectivity index (χ3n) is 3.21. The summed E-state index contributed by atoms with van der Waals surface area (Å²) in [6.07, 6.45) is 0.224. The number of carbonyl (C=O) groups excluding carboxylic acids is 2. The van der Waals surface area contributed by atoms with Crippen LogP contribution in [0.5, 0.6) is 0 Å². The molecule has 4 nitrogen and oxygen atoms in total. The highest BCUT2D eigenvalue weighted by Gasteiger charge is 2.50. The molecule has 2 unspecified atom stereocenters. The molecule has 1 aliphatic heterocycles. The molecule has 1 amide bonds. The molecule has 1 aromatic carbocycles. The summed E-state index contributed by atoms with van der Waals surface area (Å²) in [7, 11) is 0. The van der Waals surface area contributed by atoms with Crippen LogP contribution < -0.4 is 5.32 Å². The van der Waals surface area contributed by atoms with Crippen LogP contribution >= 0.6 is 0 Å². The van der Waals surface area contributed by atoms with Crippen LogP contribution in [0.4, 0.5) is 0 Å². The number of Topliss-reactive ketones (excluding diaryl/α,β-unsaturated/α-hetero) is 1. The van der Waals surface area contributed by atoms with Crippen LogP contribution in [0.3, 0.4) is 0 Å². The average molecular weight is 228 g/mol. The third kappa shape index (κ3) is 1.60. The molecule has 1 heterocycles. The number of ketones is 1. The lowest BCUT2D eigenvalue weighted by molar-refractivity contribution is -0.132. The lowest BCUT2D eigenvalue weighted by Gasteiger charge is -2.39. The molecule has 2 rings (SSSR count). The number of benzene rings is 1. The Morgan fingerprint density at radius 2 is 2.06 bits per heavy atom. The maximum absolute atomic E-state index is 11.9. The van der Waals surface area contributed by atoms with E-state index in [1.807, 2.05) is 6.07 Å². The lowest BCUT2D eigenvalue weighted by atomic mass is 9.69. The van der Waals surface area contributed by atoms with Gasteiger partial charge in [-0.1, -0.05) is 30.3 Å². The Morgan fingerprint density at radius 3 is 2.47 bits per heavy atom. The van der Waals surface area contributed by atoms with E-state index in [2.05, 4.69) is 11.4 Å². The zero-order valence-electron chi connectivity index (χ0n) is 9.43. The number of rotatable bonds is 3. The van der Waals surface area contributed by atoms with Crippen molar-refractivity contribution in [1.29, 1.82) is 5.26 Å². The molecule has 0 spiro atoms. The molecule has 1 fully saturated rings. The van der Waals surface area contributed by atoms with Gasteiger partial charge in [-0.15, -0.1) is 0 Å². The molecule has 0 aliphatic carbocycles. The average Bonchev–Trinajstić information content (AvgIpc) is 2.29. The third-order valence-corrected chi connectivity index (χ3v) is 3.21. The SMILES string of the molecule is CC(=O)C(C#N)(c1ccccc1)C1CC(=O)N1. The Kier molecular flexibility index (Phi) is 2.68. The molecule has 1 aromatic rings. The Morgan fingerprint density at radius 1 is 1.47 bits per heavy atom. The fourth-order valence-electron chi connectivity index (χ4n) is 2.19. The number of amides is 1. The van der Waals surface area contributed by atoms with Gasteiger partial charge in [0.1, 0.15) is 0 Å². The van der Waals surface area contributed by atoms with E-state index in [0.717, 1.165) is 0 Å². The highest BCUT2D eigenvalue weighted by Crippen LogP contribution is 2.33. The van der Waals surface area contributed by atoms with Gasteiger partial charge in [0.15, 0.2) is 11.2 Å². The van der Waals surface area contributed by atoms with Gasteiger partial charge in [0.05, 0.1) is 12.1 Å². The number of hydrogen-bond acceptors (Lipinski definition) is 3. The van der Waals surface area contributed by atoms with Crippen molar-refractivity contribution in [2.75, 3.05) is 0 Å².